The molecule has 1 aromatic carbocycles. The van der Waals surface area contributed by atoms with Gasteiger partial charge in [0.2, 0.25) is 0 Å². The molecule has 2 rings (SSSR count). The van der Waals surface area contributed by atoms with Crippen molar-refractivity contribution in [1.82, 2.24) is 5.32 Å². The van der Waals surface area contributed by atoms with Crippen molar-refractivity contribution < 1.29 is 9.47 Å². The lowest BCUT2D eigenvalue weighted by Gasteiger charge is -2.30. The van der Waals surface area contributed by atoms with Crippen molar-refractivity contribution in [2.45, 2.75) is 37.6 Å². The second-order valence-electron chi connectivity index (χ2n) is 5.61. The Bertz CT molecular complexity index is 476. The number of para-hydroxylation sites is 1. The molecule has 0 unspecified atom stereocenters. The van der Waals surface area contributed by atoms with Gasteiger partial charge < -0.3 is 14.8 Å². The first-order valence-corrected chi connectivity index (χ1v) is 7.65. The van der Waals surface area contributed by atoms with E-state index in [0.29, 0.717) is 17.9 Å². The zero-order valence-electron chi connectivity index (χ0n) is 12.7. The zero-order valence-corrected chi connectivity index (χ0v) is 12.7. The van der Waals surface area contributed by atoms with E-state index in [1.807, 2.05) is 18.2 Å². The fraction of sp³-hybridized carbons (Fsp3) is 0.588. The van der Waals surface area contributed by atoms with E-state index in [9.17, 15) is 0 Å². The molecule has 114 valence electrons. The van der Waals surface area contributed by atoms with Gasteiger partial charge in [0.15, 0.2) is 0 Å². The Morgan fingerprint density at radius 1 is 1.24 bits per heavy atom. The van der Waals surface area contributed by atoms with E-state index in [4.69, 9.17) is 14.7 Å². The molecule has 21 heavy (non-hydrogen) atoms. The first kappa shape index (κ1) is 15.8. The standard InChI is InChI=1S/C17H24N2O2/c1-20-12-10-17(8-4-5-9-17)19-11-13-21-16-7-3-2-6-15(16)14-18/h2-3,6-7,19H,4-5,8-13H2,1H3. The van der Waals surface area contributed by atoms with E-state index in [-0.39, 0.29) is 5.54 Å². The van der Waals surface area contributed by atoms with E-state index < -0.39 is 0 Å². The molecule has 1 aliphatic carbocycles. The lowest BCUT2D eigenvalue weighted by atomic mass is 9.93. The predicted octanol–water partition coefficient (Wildman–Crippen LogP) is 2.88. The summed E-state index contributed by atoms with van der Waals surface area (Å²) in [6.45, 7) is 2.17. The van der Waals surface area contributed by atoms with E-state index in [1.54, 1.807) is 13.2 Å². The highest BCUT2D eigenvalue weighted by atomic mass is 16.5. The van der Waals surface area contributed by atoms with Crippen molar-refractivity contribution >= 4 is 0 Å². The number of ether oxygens (including phenoxy) is 2. The monoisotopic (exact) mass is 288 g/mol. The number of benzene rings is 1. The third kappa shape index (κ3) is 4.45. The molecule has 0 aromatic heterocycles. The normalized spacial score (nSPS) is 16.6. The van der Waals surface area contributed by atoms with E-state index >= 15 is 0 Å². The maximum atomic E-state index is 9.03. The lowest BCUT2D eigenvalue weighted by Crippen LogP contribution is -2.45. The average Bonchev–Trinajstić information content (AvgIpc) is 2.99. The van der Waals surface area contributed by atoms with Crippen LogP contribution in [0.25, 0.3) is 0 Å². The third-order valence-electron chi connectivity index (χ3n) is 4.21. The number of nitriles is 1. The van der Waals surface area contributed by atoms with Gasteiger partial charge in [-0.3, -0.25) is 0 Å². The van der Waals surface area contributed by atoms with Crippen LogP contribution in [0.4, 0.5) is 0 Å². The molecule has 1 N–H and O–H groups in total. The quantitative estimate of drug-likeness (QED) is 0.747. The molecular formula is C17H24N2O2. The molecule has 0 aliphatic heterocycles. The number of nitrogens with zero attached hydrogens (tertiary/aromatic N) is 1. The Balaban J connectivity index is 1.79. The summed E-state index contributed by atoms with van der Waals surface area (Å²) in [5.74, 6) is 0.666. The zero-order chi connectivity index (χ0) is 15.0. The lowest BCUT2D eigenvalue weighted by molar-refractivity contribution is 0.151. The maximum Gasteiger partial charge on any atom is 0.137 e. The van der Waals surface area contributed by atoms with E-state index in [0.717, 1.165) is 19.6 Å². The van der Waals surface area contributed by atoms with Gasteiger partial charge in [-0.2, -0.15) is 5.26 Å². The Hall–Kier alpha value is -1.57. The predicted molar refractivity (Wildman–Crippen MR) is 82.3 cm³/mol. The van der Waals surface area contributed by atoms with Crippen LogP contribution in [0.3, 0.4) is 0 Å². The molecule has 0 spiro atoms. The average molecular weight is 288 g/mol. The highest BCUT2D eigenvalue weighted by Crippen LogP contribution is 2.32. The van der Waals surface area contributed by atoms with Crippen molar-refractivity contribution in [2.24, 2.45) is 0 Å². The minimum absolute atomic E-state index is 0.216. The molecule has 1 saturated carbocycles. The van der Waals surface area contributed by atoms with E-state index in [2.05, 4.69) is 11.4 Å². The van der Waals surface area contributed by atoms with Crippen molar-refractivity contribution in [3.63, 3.8) is 0 Å². The second kappa shape index (κ2) is 8.02. The first-order chi connectivity index (χ1) is 10.3. The number of methoxy groups -OCH3 is 1. The van der Waals surface area contributed by atoms with Gasteiger partial charge in [0.25, 0.3) is 0 Å². The van der Waals surface area contributed by atoms with Crippen LogP contribution in [0.5, 0.6) is 5.75 Å². The molecule has 4 heteroatoms. The van der Waals surface area contributed by atoms with Gasteiger partial charge in [-0.15, -0.1) is 0 Å². The van der Waals surface area contributed by atoms with Crippen LogP contribution in [-0.4, -0.2) is 32.4 Å². The van der Waals surface area contributed by atoms with Gasteiger partial charge in [0.1, 0.15) is 18.4 Å². The van der Waals surface area contributed by atoms with Crippen LogP contribution in [0.1, 0.15) is 37.7 Å². The van der Waals surface area contributed by atoms with Gasteiger partial charge in [-0.25, -0.2) is 0 Å². The molecule has 0 saturated heterocycles. The van der Waals surface area contributed by atoms with Crippen LogP contribution >= 0.6 is 0 Å². The summed E-state index contributed by atoms with van der Waals surface area (Å²) in [4.78, 5) is 0. The summed E-state index contributed by atoms with van der Waals surface area (Å²) in [6, 6.07) is 9.51. The fourth-order valence-corrected chi connectivity index (χ4v) is 3.03. The third-order valence-corrected chi connectivity index (χ3v) is 4.21. The molecule has 0 atom stereocenters. The number of nitrogens with one attached hydrogen (secondary N) is 1. The van der Waals surface area contributed by atoms with Gasteiger partial charge in [0, 0.05) is 25.8 Å². The van der Waals surface area contributed by atoms with Crippen LogP contribution in [0.2, 0.25) is 0 Å². The van der Waals surface area contributed by atoms with Gasteiger partial charge >= 0.3 is 0 Å². The van der Waals surface area contributed by atoms with Crippen molar-refractivity contribution in [1.29, 1.82) is 5.26 Å². The highest BCUT2D eigenvalue weighted by Gasteiger charge is 2.32. The summed E-state index contributed by atoms with van der Waals surface area (Å²) in [6.07, 6.45) is 6.05. The molecule has 0 radical (unpaired) electrons. The van der Waals surface area contributed by atoms with Crippen molar-refractivity contribution in [3.8, 4) is 11.8 Å². The molecular weight excluding hydrogens is 264 g/mol. The first-order valence-electron chi connectivity index (χ1n) is 7.65. The Morgan fingerprint density at radius 2 is 2.00 bits per heavy atom. The summed E-state index contributed by atoms with van der Waals surface area (Å²) < 4.78 is 10.9. The van der Waals surface area contributed by atoms with Crippen LogP contribution in [-0.2, 0) is 4.74 Å². The van der Waals surface area contributed by atoms with Gasteiger partial charge in [-0.1, -0.05) is 25.0 Å². The minimum atomic E-state index is 0.216. The molecule has 1 aliphatic rings. The maximum absolute atomic E-state index is 9.03. The second-order valence-corrected chi connectivity index (χ2v) is 5.61. The fourth-order valence-electron chi connectivity index (χ4n) is 3.03. The molecule has 4 nitrogen and oxygen atoms in total. The summed E-state index contributed by atoms with van der Waals surface area (Å²) in [7, 11) is 1.75. The topological polar surface area (TPSA) is 54.3 Å². The SMILES string of the molecule is COCCC1(NCCOc2ccccc2C#N)CCCC1. The molecule has 0 bridgehead atoms. The summed E-state index contributed by atoms with van der Waals surface area (Å²) in [5, 5.41) is 12.7. The van der Waals surface area contributed by atoms with Crippen molar-refractivity contribution in [3.05, 3.63) is 29.8 Å². The number of hydrogen-bond acceptors (Lipinski definition) is 4. The molecule has 1 aromatic rings. The van der Waals surface area contributed by atoms with Gasteiger partial charge in [0.05, 0.1) is 5.56 Å². The summed E-state index contributed by atoms with van der Waals surface area (Å²) >= 11 is 0. The Morgan fingerprint density at radius 3 is 2.71 bits per heavy atom. The largest absolute Gasteiger partial charge is 0.491 e. The number of hydrogen-bond donors (Lipinski definition) is 1. The smallest absolute Gasteiger partial charge is 0.137 e. The minimum Gasteiger partial charge on any atom is -0.491 e. The van der Waals surface area contributed by atoms with Gasteiger partial charge in [-0.05, 0) is 31.4 Å². The Labute approximate surface area is 127 Å². The molecule has 0 amide bonds. The van der Waals surface area contributed by atoms with Crippen LogP contribution in [0.15, 0.2) is 24.3 Å². The highest BCUT2D eigenvalue weighted by molar-refractivity contribution is 5.42. The molecule has 1 fully saturated rings. The summed E-state index contributed by atoms with van der Waals surface area (Å²) in [5.41, 5.74) is 0.807. The van der Waals surface area contributed by atoms with Crippen LogP contribution < -0.4 is 10.1 Å². The Kier molecular flexibility index (Phi) is 6.04. The van der Waals surface area contributed by atoms with Crippen molar-refractivity contribution in [2.75, 3.05) is 26.9 Å². The van der Waals surface area contributed by atoms with E-state index in [1.165, 1.54) is 25.7 Å². The molecule has 0 heterocycles. The number of rotatable bonds is 8. The van der Waals surface area contributed by atoms with Crippen LogP contribution in [0, 0.1) is 11.3 Å².